The number of phenolic OH excluding ortho intramolecular Hbond substituents is 1. The van der Waals surface area contributed by atoms with Gasteiger partial charge in [0.2, 0.25) is 0 Å². The van der Waals surface area contributed by atoms with Crippen LogP contribution in [0.15, 0.2) is 30.3 Å². The summed E-state index contributed by atoms with van der Waals surface area (Å²) in [6.07, 6.45) is -0.712. The quantitative estimate of drug-likeness (QED) is 0.805. The third-order valence-corrected chi connectivity index (χ3v) is 3.25. The molecule has 108 valence electrons. The van der Waals surface area contributed by atoms with Crippen LogP contribution in [0.5, 0.6) is 5.75 Å². The molecule has 21 heavy (non-hydrogen) atoms. The Kier molecular flexibility index (Phi) is 2.69. The minimum absolute atomic E-state index is 0.0782. The lowest BCUT2D eigenvalue weighted by Gasteiger charge is -2.23. The third-order valence-electron chi connectivity index (χ3n) is 3.25. The van der Waals surface area contributed by atoms with Gasteiger partial charge in [-0.25, -0.2) is 9.69 Å². The first-order chi connectivity index (χ1) is 9.79. The van der Waals surface area contributed by atoms with E-state index in [1.165, 1.54) is 6.07 Å². The first kappa shape index (κ1) is 13.4. The maximum atomic E-state index is 12.5. The Morgan fingerprint density at radius 1 is 1.19 bits per heavy atom. The number of ether oxygens (including phenoxy) is 1. The summed E-state index contributed by atoms with van der Waals surface area (Å²) in [5.74, 6) is -0.357. The van der Waals surface area contributed by atoms with Crippen molar-refractivity contribution in [3.8, 4) is 5.75 Å². The number of carbonyl (C=O) groups excluding carboxylic acids is 2. The lowest BCUT2D eigenvalue weighted by atomic mass is 10.0. The number of benzene rings is 2. The number of amides is 2. The van der Waals surface area contributed by atoms with Gasteiger partial charge < -0.3 is 9.84 Å². The van der Waals surface area contributed by atoms with Gasteiger partial charge in [-0.15, -0.1) is 0 Å². The molecule has 0 atom stereocenters. The molecule has 0 aromatic heterocycles. The smallest absolute Gasteiger partial charge is 0.422 e. The summed E-state index contributed by atoms with van der Waals surface area (Å²) in [7, 11) is 0. The van der Waals surface area contributed by atoms with Gasteiger partial charge in [-0.2, -0.15) is 0 Å². The van der Waals surface area contributed by atoms with E-state index in [9.17, 15) is 14.7 Å². The van der Waals surface area contributed by atoms with Crippen LogP contribution in [-0.2, 0) is 4.74 Å². The van der Waals surface area contributed by atoms with Crippen LogP contribution < -0.4 is 4.90 Å². The molecule has 0 bridgehead atoms. The Labute approximate surface area is 121 Å². The van der Waals surface area contributed by atoms with Crippen LogP contribution in [0.1, 0.15) is 31.1 Å². The molecule has 5 heteroatoms. The first-order valence-corrected chi connectivity index (χ1v) is 6.62. The molecule has 2 aromatic carbocycles. The maximum absolute atomic E-state index is 12.5. The fraction of sp³-hybridized carbons (Fsp3) is 0.250. The van der Waals surface area contributed by atoms with E-state index in [1.54, 1.807) is 45.0 Å². The minimum atomic E-state index is -0.712. The highest BCUT2D eigenvalue weighted by atomic mass is 16.6. The monoisotopic (exact) mass is 285 g/mol. The lowest BCUT2D eigenvalue weighted by Crippen LogP contribution is -2.38. The number of hydrogen-bond acceptors (Lipinski definition) is 4. The highest BCUT2D eigenvalue weighted by Crippen LogP contribution is 2.41. The second-order valence-electron chi connectivity index (χ2n) is 5.95. The van der Waals surface area contributed by atoms with E-state index in [4.69, 9.17) is 4.74 Å². The largest absolute Gasteiger partial charge is 0.507 e. The first-order valence-electron chi connectivity index (χ1n) is 6.62. The normalized spacial score (nSPS) is 13.9. The SMILES string of the molecule is CC(C)(C)OC(=O)N1C(=O)c2cccc3c(O)ccc1c23. The molecule has 0 spiro atoms. The van der Waals surface area contributed by atoms with Gasteiger partial charge in [-0.3, -0.25) is 4.79 Å². The zero-order chi connectivity index (χ0) is 15.4. The van der Waals surface area contributed by atoms with E-state index < -0.39 is 17.6 Å². The van der Waals surface area contributed by atoms with E-state index in [0.29, 0.717) is 22.0 Å². The number of rotatable bonds is 0. The summed E-state index contributed by atoms with van der Waals surface area (Å²) in [6, 6.07) is 8.05. The molecule has 2 aromatic rings. The van der Waals surface area contributed by atoms with Crippen molar-refractivity contribution < 1.29 is 19.4 Å². The fourth-order valence-electron chi connectivity index (χ4n) is 2.46. The molecule has 0 saturated carbocycles. The van der Waals surface area contributed by atoms with Crippen LogP contribution in [0.4, 0.5) is 10.5 Å². The van der Waals surface area contributed by atoms with Crippen LogP contribution in [0.3, 0.4) is 0 Å². The number of hydrogen-bond donors (Lipinski definition) is 1. The summed E-state index contributed by atoms with van der Waals surface area (Å²) in [4.78, 5) is 25.8. The second kappa shape index (κ2) is 4.22. The van der Waals surface area contributed by atoms with Gasteiger partial charge in [0.15, 0.2) is 0 Å². The van der Waals surface area contributed by atoms with Crippen molar-refractivity contribution in [1.29, 1.82) is 0 Å². The van der Waals surface area contributed by atoms with Crippen molar-refractivity contribution in [2.45, 2.75) is 26.4 Å². The molecule has 1 heterocycles. The predicted octanol–water partition coefficient (Wildman–Crippen LogP) is 3.44. The van der Waals surface area contributed by atoms with Gasteiger partial charge in [-0.1, -0.05) is 12.1 Å². The Morgan fingerprint density at radius 3 is 2.57 bits per heavy atom. The molecule has 5 nitrogen and oxygen atoms in total. The highest BCUT2D eigenvalue weighted by molar-refractivity contribution is 6.33. The van der Waals surface area contributed by atoms with Crippen LogP contribution in [-0.4, -0.2) is 22.7 Å². The molecule has 0 unspecified atom stereocenters. The Morgan fingerprint density at radius 2 is 1.90 bits per heavy atom. The molecule has 1 N–H and O–H groups in total. The van der Waals surface area contributed by atoms with Gasteiger partial charge in [0.05, 0.1) is 11.3 Å². The van der Waals surface area contributed by atoms with Gasteiger partial charge in [0, 0.05) is 10.8 Å². The molecule has 0 fully saturated rings. The van der Waals surface area contributed by atoms with Gasteiger partial charge in [0.25, 0.3) is 5.91 Å². The van der Waals surface area contributed by atoms with Crippen molar-refractivity contribution in [1.82, 2.24) is 0 Å². The Balaban J connectivity index is 2.16. The molecule has 0 radical (unpaired) electrons. The average Bonchev–Trinajstić information content (AvgIpc) is 2.67. The third kappa shape index (κ3) is 2.01. The fourth-order valence-corrected chi connectivity index (χ4v) is 2.46. The summed E-state index contributed by atoms with van der Waals surface area (Å²) >= 11 is 0. The zero-order valence-electron chi connectivity index (χ0n) is 12.0. The maximum Gasteiger partial charge on any atom is 0.422 e. The standard InChI is InChI=1S/C16H15NO4/c1-16(2,3)21-15(20)17-11-7-8-12(18)9-5-4-6-10(13(9)11)14(17)19/h4-8,18H,1-3H3. The van der Waals surface area contributed by atoms with E-state index in [0.717, 1.165) is 4.90 Å². The van der Waals surface area contributed by atoms with E-state index >= 15 is 0 Å². The van der Waals surface area contributed by atoms with Gasteiger partial charge in [-0.05, 0) is 39.0 Å². The highest BCUT2D eigenvalue weighted by Gasteiger charge is 2.37. The molecule has 1 aliphatic rings. The van der Waals surface area contributed by atoms with Gasteiger partial charge in [0.1, 0.15) is 11.4 Å². The Hall–Kier alpha value is -2.56. The number of aromatic hydroxyl groups is 1. The zero-order valence-corrected chi connectivity index (χ0v) is 12.0. The molecule has 1 aliphatic heterocycles. The number of imide groups is 1. The Bertz CT molecular complexity index is 774. The summed E-state index contributed by atoms with van der Waals surface area (Å²) in [5.41, 5.74) is 0.143. The van der Waals surface area contributed by atoms with Crippen molar-refractivity contribution in [2.24, 2.45) is 0 Å². The summed E-state index contributed by atoms with van der Waals surface area (Å²) in [5, 5.41) is 11.0. The number of carbonyl (C=O) groups is 2. The van der Waals surface area contributed by atoms with Crippen LogP contribution >= 0.6 is 0 Å². The minimum Gasteiger partial charge on any atom is -0.507 e. The van der Waals surface area contributed by atoms with Crippen LogP contribution in [0.25, 0.3) is 10.8 Å². The van der Waals surface area contributed by atoms with Crippen molar-refractivity contribution >= 4 is 28.5 Å². The molecule has 0 saturated heterocycles. The summed E-state index contributed by atoms with van der Waals surface area (Å²) < 4.78 is 5.29. The van der Waals surface area contributed by atoms with Crippen molar-refractivity contribution in [3.63, 3.8) is 0 Å². The number of nitrogens with zero attached hydrogens (tertiary/aromatic N) is 1. The van der Waals surface area contributed by atoms with Gasteiger partial charge >= 0.3 is 6.09 Å². The predicted molar refractivity (Wildman–Crippen MR) is 78.7 cm³/mol. The topological polar surface area (TPSA) is 66.8 Å². The van der Waals surface area contributed by atoms with Crippen LogP contribution in [0.2, 0.25) is 0 Å². The molecule has 0 aliphatic carbocycles. The van der Waals surface area contributed by atoms with E-state index in [-0.39, 0.29) is 5.75 Å². The van der Waals surface area contributed by atoms with Crippen LogP contribution in [0, 0.1) is 0 Å². The number of anilines is 1. The van der Waals surface area contributed by atoms with E-state index in [2.05, 4.69) is 0 Å². The molecular formula is C16H15NO4. The molecule has 2 amide bonds. The van der Waals surface area contributed by atoms with Crippen molar-refractivity contribution in [2.75, 3.05) is 4.90 Å². The molecule has 3 rings (SSSR count). The summed E-state index contributed by atoms with van der Waals surface area (Å²) in [6.45, 7) is 5.22. The van der Waals surface area contributed by atoms with E-state index in [1.807, 2.05) is 0 Å². The second-order valence-corrected chi connectivity index (χ2v) is 5.95. The average molecular weight is 285 g/mol. The number of phenols is 1. The van der Waals surface area contributed by atoms with Crippen molar-refractivity contribution in [3.05, 3.63) is 35.9 Å². The molecular weight excluding hydrogens is 270 g/mol. The lowest BCUT2D eigenvalue weighted by molar-refractivity contribution is 0.0567.